The highest BCUT2D eigenvalue weighted by Crippen LogP contribution is 2.26. The van der Waals surface area contributed by atoms with Gasteiger partial charge in [0, 0.05) is 30.2 Å². The Bertz CT molecular complexity index is 1180. The van der Waals surface area contributed by atoms with E-state index in [1.807, 2.05) is 31.4 Å². The summed E-state index contributed by atoms with van der Waals surface area (Å²) in [6.45, 7) is 6.78. The Hall–Kier alpha value is -3.00. The number of hydrogen-bond donors (Lipinski definition) is 0. The molecule has 1 aromatic carbocycles. The van der Waals surface area contributed by atoms with Gasteiger partial charge in [0.25, 0.3) is 17.7 Å². The third-order valence-electron chi connectivity index (χ3n) is 5.43. The lowest BCUT2D eigenvalue weighted by Crippen LogP contribution is -2.30. The number of hydrogen-bond acceptors (Lipinski definition) is 5. The normalized spacial score (nSPS) is 13.4. The number of rotatable bonds is 6. The van der Waals surface area contributed by atoms with E-state index < -0.39 is 0 Å². The molecule has 0 unspecified atom stereocenters. The molecule has 4 rings (SSSR count). The van der Waals surface area contributed by atoms with Crippen molar-refractivity contribution in [2.24, 2.45) is 0 Å². The number of amides is 3. The van der Waals surface area contributed by atoms with Crippen LogP contribution in [0, 0.1) is 13.8 Å². The van der Waals surface area contributed by atoms with Gasteiger partial charge in [-0.05, 0) is 38.5 Å². The molecule has 0 bridgehead atoms. The van der Waals surface area contributed by atoms with Gasteiger partial charge in [-0.3, -0.25) is 23.7 Å². The Balaban J connectivity index is 1.57. The number of unbranched alkanes of at least 4 members (excludes halogenated alkanes) is 1. The first-order valence-corrected chi connectivity index (χ1v) is 10.8. The van der Waals surface area contributed by atoms with Crippen LogP contribution in [0.5, 0.6) is 0 Å². The number of fused-ring (bicyclic) bond motifs is 2. The van der Waals surface area contributed by atoms with Crippen LogP contribution in [0.25, 0.3) is 4.96 Å². The average molecular weight is 425 g/mol. The van der Waals surface area contributed by atoms with Gasteiger partial charge in [-0.15, -0.1) is 11.3 Å². The molecular weight excluding hydrogens is 400 g/mol. The Morgan fingerprint density at radius 3 is 2.63 bits per heavy atom. The van der Waals surface area contributed by atoms with Crippen LogP contribution >= 0.6 is 11.3 Å². The first-order chi connectivity index (χ1) is 14.3. The summed E-state index contributed by atoms with van der Waals surface area (Å²) in [7, 11) is 1.73. The summed E-state index contributed by atoms with van der Waals surface area (Å²) in [5, 5.41) is 0. The molecule has 0 saturated heterocycles. The van der Waals surface area contributed by atoms with E-state index in [0.717, 1.165) is 34.1 Å². The van der Waals surface area contributed by atoms with Crippen LogP contribution in [0.1, 0.15) is 67.1 Å². The van der Waals surface area contributed by atoms with E-state index in [9.17, 15) is 14.4 Å². The molecule has 1 aliphatic rings. The lowest BCUT2D eigenvalue weighted by atomic mass is 10.0. The van der Waals surface area contributed by atoms with Gasteiger partial charge in [0.15, 0.2) is 4.96 Å². The molecule has 156 valence electrons. The summed E-state index contributed by atoms with van der Waals surface area (Å²) in [6, 6.07) is 4.76. The largest absolute Gasteiger partial charge is 0.336 e. The van der Waals surface area contributed by atoms with E-state index in [-0.39, 0.29) is 17.7 Å². The fourth-order valence-electron chi connectivity index (χ4n) is 3.76. The molecule has 1 aliphatic heterocycles. The minimum atomic E-state index is -0.317. The van der Waals surface area contributed by atoms with E-state index in [1.54, 1.807) is 41.5 Å². The van der Waals surface area contributed by atoms with E-state index in [4.69, 9.17) is 0 Å². The fourth-order valence-corrected chi connectivity index (χ4v) is 4.65. The van der Waals surface area contributed by atoms with Crippen LogP contribution in [0.15, 0.2) is 24.4 Å². The summed E-state index contributed by atoms with van der Waals surface area (Å²) < 4.78 is 2.02. The summed E-state index contributed by atoms with van der Waals surface area (Å²) in [5.74, 6) is -0.796. The van der Waals surface area contributed by atoms with Crippen molar-refractivity contribution in [2.45, 2.75) is 40.2 Å². The molecule has 0 fully saturated rings. The van der Waals surface area contributed by atoms with Gasteiger partial charge in [-0.2, -0.15) is 0 Å². The zero-order valence-electron chi connectivity index (χ0n) is 17.6. The van der Waals surface area contributed by atoms with Gasteiger partial charge in [-0.25, -0.2) is 4.98 Å². The molecule has 2 aromatic heterocycles. The molecule has 3 amide bonds. The predicted molar refractivity (Wildman–Crippen MR) is 115 cm³/mol. The van der Waals surface area contributed by atoms with Crippen molar-refractivity contribution in [1.82, 2.24) is 19.2 Å². The van der Waals surface area contributed by atoms with Crippen LogP contribution in [0.2, 0.25) is 0 Å². The molecule has 0 radical (unpaired) electrons. The summed E-state index contributed by atoms with van der Waals surface area (Å²) in [6.07, 6.45) is 3.69. The summed E-state index contributed by atoms with van der Waals surface area (Å²) >= 11 is 1.61. The van der Waals surface area contributed by atoms with Crippen LogP contribution < -0.4 is 0 Å². The minimum Gasteiger partial charge on any atom is -0.336 e. The second kappa shape index (κ2) is 7.68. The highest BCUT2D eigenvalue weighted by molar-refractivity contribution is 7.17. The van der Waals surface area contributed by atoms with E-state index in [2.05, 4.69) is 4.98 Å². The first-order valence-electron chi connectivity index (χ1n) is 10.0. The van der Waals surface area contributed by atoms with Gasteiger partial charge >= 0.3 is 0 Å². The number of imidazole rings is 1. The van der Waals surface area contributed by atoms with Gasteiger partial charge in [0.05, 0.1) is 29.1 Å². The third-order valence-corrected chi connectivity index (χ3v) is 6.33. The second-order valence-electron chi connectivity index (χ2n) is 7.68. The highest BCUT2D eigenvalue weighted by atomic mass is 32.1. The number of carbonyl (C=O) groups excluding carboxylic acids is 3. The number of aryl methyl sites for hydroxylation is 2. The molecule has 8 heteroatoms. The molecule has 0 aliphatic carbocycles. The maximum absolute atomic E-state index is 13.1. The predicted octanol–water partition coefficient (Wildman–Crippen LogP) is 3.68. The number of nitrogens with zero attached hydrogens (tertiary/aromatic N) is 4. The quantitative estimate of drug-likeness (QED) is 0.566. The van der Waals surface area contributed by atoms with Crippen molar-refractivity contribution < 1.29 is 14.4 Å². The number of thiazole rings is 1. The van der Waals surface area contributed by atoms with E-state index in [0.29, 0.717) is 29.8 Å². The van der Waals surface area contributed by atoms with E-state index >= 15 is 0 Å². The molecular formula is C22H24N4O3S. The lowest BCUT2D eigenvalue weighted by molar-refractivity contribution is 0.0652. The topological polar surface area (TPSA) is 75.0 Å². The molecule has 0 spiro atoms. The molecule has 3 aromatic rings. The van der Waals surface area contributed by atoms with Gasteiger partial charge in [0.1, 0.15) is 0 Å². The molecule has 7 nitrogen and oxygen atoms in total. The highest BCUT2D eigenvalue weighted by Gasteiger charge is 2.35. The van der Waals surface area contributed by atoms with Crippen LogP contribution in [0.3, 0.4) is 0 Å². The molecule has 30 heavy (non-hydrogen) atoms. The van der Waals surface area contributed by atoms with E-state index in [1.165, 1.54) is 4.90 Å². The Morgan fingerprint density at radius 1 is 1.17 bits per heavy atom. The second-order valence-corrected chi connectivity index (χ2v) is 8.89. The molecule has 3 heterocycles. The standard InChI is InChI=1S/C22H24N4O3S/c1-5-6-9-25-20(28)16-8-7-15(10-17(16)21(25)29)19(27)24(4)12-18-14(3)23-22-26(18)11-13(2)30-22/h7-8,10-11H,5-6,9,12H2,1-4H3. The van der Waals surface area contributed by atoms with Gasteiger partial charge in [-0.1, -0.05) is 13.3 Å². The smallest absolute Gasteiger partial charge is 0.261 e. The van der Waals surface area contributed by atoms with Crippen LogP contribution in [-0.2, 0) is 6.54 Å². The van der Waals surface area contributed by atoms with Crippen molar-refractivity contribution in [3.05, 3.63) is 57.4 Å². The maximum atomic E-state index is 13.1. The monoisotopic (exact) mass is 424 g/mol. The average Bonchev–Trinajstić information content (AvgIpc) is 3.30. The van der Waals surface area contributed by atoms with Crippen LogP contribution in [-0.4, -0.2) is 50.5 Å². The van der Waals surface area contributed by atoms with Gasteiger partial charge < -0.3 is 4.90 Å². The minimum absolute atomic E-state index is 0.202. The van der Waals surface area contributed by atoms with Crippen LogP contribution in [0.4, 0.5) is 0 Å². The fraction of sp³-hybridized carbons (Fsp3) is 0.364. The van der Waals surface area contributed by atoms with Crippen molar-refractivity contribution in [3.63, 3.8) is 0 Å². The zero-order valence-corrected chi connectivity index (χ0v) is 18.4. The number of aromatic nitrogens is 2. The summed E-state index contributed by atoms with van der Waals surface area (Å²) in [5.41, 5.74) is 2.93. The SMILES string of the molecule is CCCCN1C(=O)c2ccc(C(=O)N(C)Cc3c(C)nc4sc(C)cn34)cc2C1=O. The van der Waals surface area contributed by atoms with Crippen molar-refractivity contribution in [1.29, 1.82) is 0 Å². The van der Waals surface area contributed by atoms with Gasteiger partial charge in [0.2, 0.25) is 0 Å². The Morgan fingerprint density at radius 2 is 1.90 bits per heavy atom. The lowest BCUT2D eigenvalue weighted by Gasteiger charge is -2.17. The van der Waals surface area contributed by atoms with Crippen molar-refractivity contribution in [2.75, 3.05) is 13.6 Å². The zero-order chi connectivity index (χ0) is 21.6. The molecule has 0 atom stereocenters. The maximum Gasteiger partial charge on any atom is 0.261 e. The number of carbonyl (C=O) groups is 3. The number of imide groups is 1. The first kappa shape index (κ1) is 20.3. The Kier molecular flexibility index (Phi) is 5.19. The molecule has 0 N–H and O–H groups in total. The van der Waals surface area contributed by atoms with Crippen molar-refractivity contribution >= 4 is 34.0 Å². The number of benzene rings is 1. The molecule has 0 saturated carbocycles. The summed E-state index contributed by atoms with van der Waals surface area (Å²) in [4.78, 5) is 47.8. The Labute approximate surface area is 178 Å². The third kappa shape index (κ3) is 3.31. The van der Waals surface area contributed by atoms with Crippen molar-refractivity contribution in [3.8, 4) is 0 Å².